The molecule has 0 radical (unpaired) electrons. The lowest BCUT2D eigenvalue weighted by Crippen LogP contribution is -2.37. The van der Waals surface area contributed by atoms with Crippen LogP contribution in [0.4, 0.5) is 0 Å². The smallest absolute Gasteiger partial charge is 0.0377 e. The summed E-state index contributed by atoms with van der Waals surface area (Å²) in [5, 5.41) is 3.67. The number of hydrogen-bond acceptors (Lipinski definition) is 1. The maximum atomic E-state index is 3.67. The number of hydrogen-bond donors (Lipinski definition) is 1. The summed E-state index contributed by atoms with van der Waals surface area (Å²) < 4.78 is 0. The molecule has 0 aromatic heterocycles. The Morgan fingerprint density at radius 2 is 1.47 bits per heavy atom. The third-order valence-corrected chi connectivity index (χ3v) is 3.59. The molecule has 1 nitrogen and oxygen atoms in total. The van der Waals surface area contributed by atoms with Crippen molar-refractivity contribution in [3.05, 3.63) is 35.9 Å². The standard InChI is InChI=1S/C17H29N.BrH/c1-4-5-6-7-8-12-15-18-17(2,3)16-13-10-9-11-14-16;/h9-11,13-14,18H,4-8,12,15H2,1-3H3;1H. The summed E-state index contributed by atoms with van der Waals surface area (Å²) in [5.41, 5.74) is 1.46. The predicted octanol–water partition coefficient (Wildman–Crippen LogP) is 5.45. The highest BCUT2D eigenvalue weighted by Gasteiger charge is 2.18. The van der Waals surface area contributed by atoms with Crippen molar-refractivity contribution in [2.24, 2.45) is 0 Å². The lowest BCUT2D eigenvalue weighted by molar-refractivity contribution is 0.394. The maximum absolute atomic E-state index is 3.67. The van der Waals surface area contributed by atoms with Crippen LogP contribution in [0.5, 0.6) is 0 Å². The van der Waals surface area contributed by atoms with E-state index in [0.717, 1.165) is 6.54 Å². The molecular weight excluding hydrogens is 298 g/mol. The lowest BCUT2D eigenvalue weighted by atomic mass is 9.94. The first-order chi connectivity index (χ1) is 8.67. The number of unbranched alkanes of at least 4 members (excludes halogenated alkanes) is 5. The molecule has 1 N–H and O–H groups in total. The van der Waals surface area contributed by atoms with Crippen molar-refractivity contribution >= 4 is 17.0 Å². The summed E-state index contributed by atoms with van der Waals surface area (Å²) in [6.07, 6.45) is 8.17. The minimum absolute atomic E-state index is 0. The van der Waals surface area contributed by atoms with Crippen LogP contribution in [-0.2, 0) is 5.54 Å². The molecule has 19 heavy (non-hydrogen) atoms. The van der Waals surface area contributed by atoms with E-state index in [-0.39, 0.29) is 22.5 Å². The first-order valence-corrected chi connectivity index (χ1v) is 7.47. The molecule has 0 aliphatic heterocycles. The van der Waals surface area contributed by atoms with Crippen LogP contribution in [0.3, 0.4) is 0 Å². The molecule has 0 bridgehead atoms. The Morgan fingerprint density at radius 3 is 2.11 bits per heavy atom. The highest BCUT2D eigenvalue weighted by molar-refractivity contribution is 8.93. The van der Waals surface area contributed by atoms with Crippen molar-refractivity contribution in [2.45, 2.75) is 64.8 Å². The van der Waals surface area contributed by atoms with E-state index in [9.17, 15) is 0 Å². The fourth-order valence-corrected chi connectivity index (χ4v) is 2.26. The van der Waals surface area contributed by atoms with Crippen molar-refractivity contribution in [2.75, 3.05) is 6.54 Å². The first kappa shape index (κ1) is 18.7. The second kappa shape index (κ2) is 10.4. The SMILES string of the molecule is Br.CCCCCCCCNC(C)(C)c1ccccc1. The van der Waals surface area contributed by atoms with Crippen molar-refractivity contribution in [1.82, 2.24) is 5.32 Å². The van der Waals surface area contributed by atoms with Gasteiger partial charge in [-0.1, -0.05) is 69.4 Å². The van der Waals surface area contributed by atoms with Gasteiger partial charge in [0.25, 0.3) is 0 Å². The Bertz CT molecular complexity index is 308. The van der Waals surface area contributed by atoms with Crippen LogP contribution in [-0.4, -0.2) is 6.54 Å². The van der Waals surface area contributed by atoms with Gasteiger partial charge in [0.05, 0.1) is 0 Å². The predicted molar refractivity (Wildman–Crippen MR) is 91.2 cm³/mol. The van der Waals surface area contributed by atoms with Gasteiger partial charge in [-0.05, 0) is 32.4 Å². The van der Waals surface area contributed by atoms with Gasteiger partial charge in [0.15, 0.2) is 0 Å². The van der Waals surface area contributed by atoms with E-state index in [1.165, 1.54) is 44.1 Å². The highest BCUT2D eigenvalue weighted by atomic mass is 79.9. The van der Waals surface area contributed by atoms with Gasteiger partial charge in [-0.15, -0.1) is 17.0 Å². The molecule has 1 rings (SSSR count). The van der Waals surface area contributed by atoms with Gasteiger partial charge in [-0.2, -0.15) is 0 Å². The van der Waals surface area contributed by atoms with Crippen molar-refractivity contribution in [3.8, 4) is 0 Å². The summed E-state index contributed by atoms with van der Waals surface area (Å²) in [4.78, 5) is 0. The normalized spacial score (nSPS) is 11.1. The van der Waals surface area contributed by atoms with Gasteiger partial charge in [0.2, 0.25) is 0 Å². The second-order valence-corrected chi connectivity index (χ2v) is 5.69. The van der Waals surface area contributed by atoms with Crippen LogP contribution in [0.1, 0.15) is 64.9 Å². The molecule has 0 aliphatic rings. The molecule has 1 aromatic carbocycles. The third-order valence-electron chi connectivity index (χ3n) is 3.59. The van der Waals surface area contributed by atoms with Crippen molar-refractivity contribution in [1.29, 1.82) is 0 Å². The fourth-order valence-electron chi connectivity index (χ4n) is 2.26. The van der Waals surface area contributed by atoms with Crippen LogP contribution in [0.2, 0.25) is 0 Å². The van der Waals surface area contributed by atoms with Gasteiger partial charge >= 0.3 is 0 Å². The average Bonchev–Trinajstić information content (AvgIpc) is 2.39. The molecule has 0 aliphatic carbocycles. The Balaban J connectivity index is 0.00000324. The number of benzene rings is 1. The van der Waals surface area contributed by atoms with Crippen molar-refractivity contribution in [3.63, 3.8) is 0 Å². The van der Waals surface area contributed by atoms with Gasteiger partial charge in [-0.3, -0.25) is 0 Å². The Labute approximate surface area is 130 Å². The minimum Gasteiger partial charge on any atom is -0.308 e. The molecule has 0 spiro atoms. The van der Waals surface area contributed by atoms with Gasteiger partial charge in [0.1, 0.15) is 0 Å². The number of rotatable bonds is 9. The first-order valence-electron chi connectivity index (χ1n) is 7.47. The Kier molecular flexibility index (Phi) is 10.3. The van der Waals surface area contributed by atoms with Crippen LogP contribution >= 0.6 is 17.0 Å². The topological polar surface area (TPSA) is 12.0 Å². The maximum Gasteiger partial charge on any atom is 0.0377 e. The van der Waals surface area contributed by atoms with E-state index in [2.05, 4.69) is 56.4 Å². The summed E-state index contributed by atoms with van der Waals surface area (Å²) in [5.74, 6) is 0. The summed E-state index contributed by atoms with van der Waals surface area (Å²) in [6, 6.07) is 10.7. The molecule has 0 atom stereocenters. The Morgan fingerprint density at radius 1 is 0.895 bits per heavy atom. The second-order valence-electron chi connectivity index (χ2n) is 5.69. The average molecular weight is 328 g/mol. The highest BCUT2D eigenvalue weighted by Crippen LogP contribution is 2.19. The van der Waals surface area contributed by atoms with Crippen molar-refractivity contribution < 1.29 is 0 Å². The molecule has 0 saturated heterocycles. The molecule has 110 valence electrons. The summed E-state index contributed by atoms with van der Waals surface area (Å²) in [7, 11) is 0. The fraction of sp³-hybridized carbons (Fsp3) is 0.647. The molecule has 0 unspecified atom stereocenters. The van der Waals surface area contributed by atoms with E-state index in [4.69, 9.17) is 0 Å². The minimum atomic E-state index is 0. The molecule has 0 fully saturated rings. The lowest BCUT2D eigenvalue weighted by Gasteiger charge is -2.27. The number of halogens is 1. The zero-order valence-corrected chi connectivity index (χ0v) is 14.5. The molecule has 2 heteroatoms. The zero-order chi connectivity index (χ0) is 13.3. The summed E-state index contributed by atoms with van der Waals surface area (Å²) >= 11 is 0. The quantitative estimate of drug-likeness (QED) is 0.594. The van der Waals surface area contributed by atoms with E-state index in [1.807, 2.05) is 0 Å². The molecule has 0 amide bonds. The van der Waals surface area contributed by atoms with E-state index in [1.54, 1.807) is 0 Å². The molecule has 1 aromatic rings. The van der Waals surface area contributed by atoms with Gasteiger partial charge < -0.3 is 5.32 Å². The van der Waals surface area contributed by atoms with E-state index < -0.39 is 0 Å². The van der Waals surface area contributed by atoms with Crippen LogP contribution < -0.4 is 5.32 Å². The van der Waals surface area contributed by atoms with Crippen LogP contribution in [0.25, 0.3) is 0 Å². The zero-order valence-electron chi connectivity index (χ0n) is 12.7. The molecule has 0 saturated carbocycles. The number of nitrogens with one attached hydrogen (secondary N) is 1. The third kappa shape index (κ3) is 7.74. The Hall–Kier alpha value is -0.340. The van der Waals surface area contributed by atoms with Gasteiger partial charge in [-0.25, -0.2) is 0 Å². The van der Waals surface area contributed by atoms with E-state index in [0.29, 0.717) is 0 Å². The molecular formula is C17H30BrN. The van der Waals surface area contributed by atoms with Gasteiger partial charge in [0, 0.05) is 5.54 Å². The van der Waals surface area contributed by atoms with Crippen LogP contribution in [0.15, 0.2) is 30.3 Å². The van der Waals surface area contributed by atoms with E-state index >= 15 is 0 Å². The van der Waals surface area contributed by atoms with Crippen LogP contribution in [0, 0.1) is 0 Å². The largest absolute Gasteiger partial charge is 0.308 e. The monoisotopic (exact) mass is 327 g/mol. The summed E-state index contributed by atoms with van der Waals surface area (Å²) in [6.45, 7) is 7.91. The molecule has 0 heterocycles.